The molecule has 3 aromatic carbocycles. The summed E-state index contributed by atoms with van der Waals surface area (Å²) in [5.74, 6) is -1.11. The van der Waals surface area contributed by atoms with E-state index in [9.17, 15) is 13.6 Å². The number of ether oxygens (including phenoxy) is 2. The number of esters is 1. The molecule has 0 spiro atoms. The quantitative estimate of drug-likeness (QED) is 0.386. The first kappa shape index (κ1) is 22.8. The zero-order chi connectivity index (χ0) is 22.4. The topological polar surface area (TPSA) is 47.6 Å². The second-order valence-electron chi connectivity index (χ2n) is 6.50. The van der Waals surface area contributed by atoms with Crippen LogP contribution in [0.25, 0.3) is 11.1 Å². The molecular weight excluding hydrogens is 447 g/mol. The van der Waals surface area contributed by atoms with Crippen molar-refractivity contribution in [3.63, 3.8) is 0 Å². The van der Waals surface area contributed by atoms with E-state index in [1.807, 2.05) is 0 Å². The number of halogens is 4. The van der Waals surface area contributed by atoms with Crippen LogP contribution in [0, 0.1) is 11.6 Å². The molecule has 0 aliphatic carbocycles. The fourth-order valence-electron chi connectivity index (χ4n) is 2.89. The summed E-state index contributed by atoms with van der Waals surface area (Å²) in [5, 5.41) is 3.46. The van der Waals surface area contributed by atoms with Crippen molar-refractivity contribution in [3.8, 4) is 16.9 Å². The lowest BCUT2D eigenvalue weighted by Gasteiger charge is -2.15. The molecule has 0 heterocycles. The average Bonchev–Trinajstić information content (AvgIpc) is 2.74. The minimum atomic E-state index is -0.528. The van der Waals surface area contributed by atoms with Crippen molar-refractivity contribution in [2.24, 2.45) is 0 Å². The van der Waals surface area contributed by atoms with Gasteiger partial charge in [0.25, 0.3) is 0 Å². The molecule has 3 aromatic rings. The molecule has 0 fully saturated rings. The van der Waals surface area contributed by atoms with Gasteiger partial charge in [0.1, 0.15) is 22.4 Å². The number of hydrogen-bond acceptors (Lipinski definition) is 4. The number of carbonyl (C=O) groups is 1. The van der Waals surface area contributed by atoms with Crippen molar-refractivity contribution in [1.82, 2.24) is 0 Å². The lowest BCUT2D eigenvalue weighted by molar-refractivity contribution is -0.145. The van der Waals surface area contributed by atoms with Gasteiger partial charge in [0.05, 0.1) is 17.3 Å². The third kappa shape index (κ3) is 5.87. The van der Waals surface area contributed by atoms with Gasteiger partial charge in [-0.05, 0) is 54.4 Å². The van der Waals surface area contributed by atoms with Crippen LogP contribution < -0.4 is 10.1 Å². The summed E-state index contributed by atoms with van der Waals surface area (Å²) in [6, 6.07) is 13.7. The Morgan fingerprint density at radius 1 is 1.03 bits per heavy atom. The maximum atomic E-state index is 14.4. The Balaban J connectivity index is 1.78. The van der Waals surface area contributed by atoms with Gasteiger partial charge in [-0.15, -0.1) is 0 Å². The van der Waals surface area contributed by atoms with Gasteiger partial charge in [-0.25, -0.2) is 13.6 Å². The normalized spacial score (nSPS) is 10.6. The van der Waals surface area contributed by atoms with Crippen molar-refractivity contribution < 1.29 is 23.0 Å². The van der Waals surface area contributed by atoms with Crippen LogP contribution in [0.3, 0.4) is 0 Å². The third-order valence-corrected chi connectivity index (χ3v) is 5.06. The number of hydrogen-bond donors (Lipinski definition) is 1. The van der Waals surface area contributed by atoms with Gasteiger partial charge >= 0.3 is 5.97 Å². The van der Waals surface area contributed by atoms with Crippen LogP contribution in [0.1, 0.15) is 12.5 Å². The number of anilines is 1. The fraction of sp³-hybridized carbons (Fsp3) is 0.174. The van der Waals surface area contributed by atoms with Crippen LogP contribution in [0.5, 0.6) is 5.75 Å². The van der Waals surface area contributed by atoms with Crippen molar-refractivity contribution in [3.05, 3.63) is 81.8 Å². The molecule has 4 nitrogen and oxygen atoms in total. The molecule has 0 aliphatic rings. The molecule has 8 heteroatoms. The number of nitrogens with one attached hydrogen (secondary N) is 1. The highest BCUT2D eigenvalue weighted by Crippen LogP contribution is 2.38. The zero-order valence-corrected chi connectivity index (χ0v) is 18.1. The Hall–Kier alpha value is -2.83. The van der Waals surface area contributed by atoms with E-state index in [1.54, 1.807) is 37.3 Å². The third-order valence-electron chi connectivity index (χ3n) is 4.37. The molecule has 0 atom stereocenters. The van der Waals surface area contributed by atoms with Crippen LogP contribution in [0.15, 0.2) is 54.6 Å². The van der Waals surface area contributed by atoms with E-state index < -0.39 is 11.8 Å². The van der Waals surface area contributed by atoms with Crippen LogP contribution >= 0.6 is 23.2 Å². The number of carbonyl (C=O) groups excluding carboxylic acids is 1. The highest BCUT2D eigenvalue weighted by molar-refractivity contribution is 6.40. The van der Waals surface area contributed by atoms with Gasteiger partial charge in [0.15, 0.2) is 6.61 Å². The van der Waals surface area contributed by atoms with Crippen molar-refractivity contribution >= 4 is 34.9 Å². The van der Waals surface area contributed by atoms with Crippen LogP contribution in [-0.2, 0) is 16.1 Å². The first-order valence-corrected chi connectivity index (χ1v) is 10.2. The van der Waals surface area contributed by atoms with E-state index in [4.69, 9.17) is 32.7 Å². The van der Waals surface area contributed by atoms with Gasteiger partial charge in [0, 0.05) is 12.1 Å². The maximum absolute atomic E-state index is 14.4. The standard InChI is InChI=1S/C23H19Cl2F2NO3/c1-2-30-21(29)13-31-20-9-7-18(24)23(22(20)25)28-12-16-10-15(6-8-19(16)27)14-4-3-5-17(26)11-14/h3-11,28H,2,12-13H2,1H3. The van der Waals surface area contributed by atoms with E-state index in [0.29, 0.717) is 27.4 Å². The van der Waals surface area contributed by atoms with Crippen molar-refractivity contribution in [2.45, 2.75) is 13.5 Å². The first-order chi connectivity index (χ1) is 14.9. The van der Waals surface area contributed by atoms with E-state index in [2.05, 4.69) is 5.32 Å². The highest BCUT2D eigenvalue weighted by Gasteiger charge is 2.15. The van der Waals surface area contributed by atoms with Crippen LogP contribution in [-0.4, -0.2) is 19.2 Å². The predicted octanol–water partition coefficient (Wildman–Crippen LogP) is 6.49. The molecular formula is C23H19Cl2F2NO3. The molecule has 31 heavy (non-hydrogen) atoms. The largest absolute Gasteiger partial charge is 0.480 e. The molecule has 0 bridgehead atoms. The predicted molar refractivity (Wildman–Crippen MR) is 118 cm³/mol. The molecule has 0 radical (unpaired) electrons. The first-order valence-electron chi connectivity index (χ1n) is 9.43. The molecule has 3 rings (SSSR count). The second-order valence-corrected chi connectivity index (χ2v) is 7.28. The Labute approximate surface area is 188 Å². The van der Waals surface area contributed by atoms with Crippen LogP contribution in [0.2, 0.25) is 10.0 Å². The Kier molecular flexibility index (Phi) is 7.71. The van der Waals surface area contributed by atoms with Gasteiger partial charge in [-0.2, -0.15) is 0 Å². The minimum Gasteiger partial charge on any atom is -0.480 e. The number of rotatable bonds is 8. The molecule has 162 valence electrons. The smallest absolute Gasteiger partial charge is 0.344 e. The molecule has 0 aromatic heterocycles. The zero-order valence-electron chi connectivity index (χ0n) is 16.6. The van der Waals surface area contributed by atoms with Gasteiger partial charge in [-0.1, -0.05) is 41.4 Å². The van der Waals surface area contributed by atoms with Crippen molar-refractivity contribution in [1.29, 1.82) is 0 Å². The minimum absolute atomic E-state index is 0.0652. The van der Waals surface area contributed by atoms with Crippen molar-refractivity contribution in [2.75, 3.05) is 18.5 Å². The van der Waals surface area contributed by atoms with E-state index in [-0.39, 0.29) is 36.3 Å². The fourth-order valence-corrected chi connectivity index (χ4v) is 3.45. The summed E-state index contributed by atoms with van der Waals surface area (Å²) in [6.07, 6.45) is 0. The maximum Gasteiger partial charge on any atom is 0.344 e. The molecule has 0 saturated heterocycles. The summed E-state index contributed by atoms with van der Waals surface area (Å²) < 4.78 is 38.1. The summed E-state index contributed by atoms with van der Waals surface area (Å²) in [5.41, 5.74) is 1.97. The Bertz CT molecular complexity index is 1090. The molecule has 0 amide bonds. The average molecular weight is 466 g/mol. The molecule has 0 aliphatic heterocycles. The molecule has 1 N–H and O–H groups in total. The number of benzene rings is 3. The highest BCUT2D eigenvalue weighted by atomic mass is 35.5. The van der Waals surface area contributed by atoms with E-state index in [0.717, 1.165) is 0 Å². The Morgan fingerprint density at radius 3 is 2.55 bits per heavy atom. The molecule has 0 unspecified atom stereocenters. The summed E-state index contributed by atoms with van der Waals surface area (Å²) in [7, 11) is 0. The van der Waals surface area contributed by atoms with E-state index >= 15 is 0 Å². The lowest BCUT2D eigenvalue weighted by atomic mass is 10.0. The van der Waals surface area contributed by atoms with E-state index in [1.165, 1.54) is 24.3 Å². The lowest BCUT2D eigenvalue weighted by Crippen LogP contribution is -2.15. The monoisotopic (exact) mass is 465 g/mol. The van der Waals surface area contributed by atoms with Gasteiger partial charge in [0.2, 0.25) is 0 Å². The van der Waals surface area contributed by atoms with Gasteiger partial charge < -0.3 is 14.8 Å². The molecule has 0 saturated carbocycles. The van der Waals surface area contributed by atoms with Crippen LogP contribution in [0.4, 0.5) is 14.5 Å². The van der Waals surface area contributed by atoms with Gasteiger partial charge in [-0.3, -0.25) is 0 Å². The summed E-state index contributed by atoms with van der Waals surface area (Å²) in [4.78, 5) is 11.5. The summed E-state index contributed by atoms with van der Waals surface area (Å²) >= 11 is 12.6. The Morgan fingerprint density at radius 2 is 1.81 bits per heavy atom. The SMILES string of the molecule is CCOC(=O)COc1ccc(Cl)c(NCc2cc(-c3cccc(F)c3)ccc2F)c1Cl. The summed E-state index contributed by atoms with van der Waals surface area (Å²) in [6.45, 7) is 1.69. The second kappa shape index (κ2) is 10.5.